The van der Waals surface area contributed by atoms with Crippen molar-refractivity contribution in [2.45, 2.75) is 26.2 Å². The summed E-state index contributed by atoms with van der Waals surface area (Å²) in [6.07, 6.45) is 4.10. The SMILES string of the molecule is C[C](c1ccccc1)N1CCCCC1. The van der Waals surface area contributed by atoms with Gasteiger partial charge < -0.3 is 0 Å². The van der Waals surface area contributed by atoms with E-state index in [0.717, 1.165) is 0 Å². The minimum absolute atomic E-state index is 1.24. The number of likely N-dealkylation sites (tertiary alicyclic amines) is 1. The highest BCUT2D eigenvalue weighted by Crippen LogP contribution is 2.22. The molecule has 1 heteroatoms. The highest BCUT2D eigenvalue weighted by Gasteiger charge is 2.18. The lowest BCUT2D eigenvalue weighted by molar-refractivity contribution is 0.252. The predicted molar refractivity (Wildman–Crippen MR) is 59.9 cm³/mol. The maximum Gasteiger partial charge on any atom is 0.0657 e. The molecule has 0 bridgehead atoms. The molecule has 2 rings (SSSR count). The standard InChI is InChI=1S/C13H18N/c1-12(13-8-4-2-5-9-13)14-10-6-3-7-11-14/h2,4-5,8-9H,3,6-7,10-11H2,1H3. The zero-order valence-corrected chi connectivity index (χ0v) is 8.87. The smallest absolute Gasteiger partial charge is 0.0657 e. The van der Waals surface area contributed by atoms with E-state index in [4.69, 9.17) is 0 Å². The fourth-order valence-corrected chi connectivity index (χ4v) is 2.09. The van der Waals surface area contributed by atoms with Crippen molar-refractivity contribution < 1.29 is 0 Å². The monoisotopic (exact) mass is 188 g/mol. The van der Waals surface area contributed by atoms with Gasteiger partial charge in [0.05, 0.1) is 6.04 Å². The van der Waals surface area contributed by atoms with Crippen LogP contribution in [0.5, 0.6) is 0 Å². The Hall–Kier alpha value is -0.820. The van der Waals surface area contributed by atoms with Crippen molar-refractivity contribution >= 4 is 0 Å². The van der Waals surface area contributed by atoms with E-state index in [1.165, 1.54) is 44.0 Å². The highest BCUT2D eigenvalue weighted by atomic mass is 15.2. The van der Waals surface area contributed by atoms with Crippen LogP contribution in [0.2, 0.25) is 0 Å². The van der Waals surface area contributed by atoms with Gasteiger partial charge in [-0.25, -0.2) is 0 Å². The first-order valence-electron chi connectivity index (χ1n) is 5.52. The molecule has 1 aliphatic rings. The summed E-state index contributed by atoms with van der Waals surface area (Å²) in [5, 5.41) is 0. The van der Waals surface area contributed by atoms with Gasteiger partial charge in [0.15, 0.2) is 0 Å². The van der Waals surface area contributed by atoms with E-state index in [1.807, 2.05) is 0 Å². The van der Waals surface area contributed by atoms with Crippen LogP contribution in [-0.2, 0) is 0 Å². The van der Waals surface area contributed by atoms with Gasteiger partial charge in [0.1, 0.15) is 0 Å². The first-order valence-corrected chi connectivity index (χ1v) is 5.52. The van der Waals surface area contributed by atoms with Gasteiger partial charge in [0.25, 0.3) is 0 Å². The Morgan fingerprint density at radius 2 is 1.64 bits per heavy atom. The topological polar surface area (TPSA) is 3.24 Å². The number of benzene rings is 1. The van der Waals surface area contributed by atoms with E-state index in [1.54, 1.807) is 0 Å². The van der Waals surface area contributed by atoms with Gasteiger partial charge in [-0.05, 0) is 38.4 Å². The van der Waals surface area contributed by atoms with Crippen molar-refractivity contribution in [2.75, 3.05) is 13.1 Å². The molecule has 0 saturated carbocycles. The summed E-state index contributed by atoms with van der Waals surface area (Å²) < 4.78 is 0. The lowest BCUT2D eigenvalue weighted by atomic mass is 10.0. The molecule has 1 radical (unpaired) electrons. The lowest BCUT2D eigenvalue weighted by Crippen LogP contribution is -2.32. The Labute approximate surface area is 86.7 Å². The molecule has 0 N–H and O–H groups in total. The molecule has 1 fully saturated rings. The summed E-state index contributed by atoms with van der Waals surface area (Å²) in [6.45, 7) is 4.71. The van der Waals surface area contributed by atoms with Gasteiger partial charge in [-0.15, -0.1) is 0 Å². The van der Waals surface area contributed by atoms with Crippen LogP contribution < -0.4 is 0 Å². The maximum atomic E-state index is 2.51. The van der Waals surface area contributed by atoms with Gasteiger partial charge in [0.2, 0.25) is 0 Å². The molecular formula is C13H18N. The van der Waals surface area contributed by atoms with Crippen molar-refractivity contribution in [3.05, 3.63) is 41.9 Å². The van der Waals surface area contributed by atoms with E-state index in [-0.39, 0.29) is 0 Å². The fraction of sp³-hybridized carbons (Fsp3) is 0.462. The molecule has 0 amide bonds. The first-order chi connectivity index (χ1) is 6.88. The third kappa shape index (κ3) is 2.16. The molecule has 1 aliphatic heterocycles. The second-order valence-corrected chi connectivity index (χ2v) is 4.00. The molecule has 1 heterocycles. The number of hydrogen-bond donors (Lipinski definition) is 0. The Morgan fingerprint density at radius 3 is 2.29 bits per heavy atom. The Kier molecular flexibility index (Phi) is 3.20. The second kappa shape index (κ2) is 4.61. The molecule has 1 aromatic carbocycles. The van der Waals surface area contributed by atoms with Crippen LogP contribution in [0.15, 0.2) is 30.3 Å². The van der Waals surface area contributed by atoms with Crippen molar-refractivity contribution in [1.82, 2.24) is 4.90 Å². The largest absolute Gasteiger partial charge is 0.292 e. The lowest BCUT2D eigenvalue weighted by Gasteiger charge is -2.31. The zero-order valence-electron chi connectivity index (χ0n) is 8.87. The average Bonchev–Trinajstić information content (AvgIpc) is 2.30. The highest BCUT2D eigenvalue weighted by molar-refractivity contribution is 5.28. The van der Waals surface area contributed by atoms with Crippen molar-refractivity contribution in [3.8, 4) is 0 Å². The third-order valence-electron chi connectivity index (χ3n) is 3.02. The predicted octanol–water partition coefficient (Wildman–Crippen LogP) is 3.07. The van der Waals surface area contributed by atoms with E-state index < -0.39 is 0 Å². The summed E-state index contributed by atoms with van der Waals surface area (Å²) in [6, 6.07) is 12.1. The molecule has 0 atom stereocenters. The van der Waals surface area contributed by atoms with Gasteiger partial charge in [-0.1, -0.05) is 36.8 Å². The molecule has 1 aromatic rings. The van der Waals surface area contributed by atoms with Crippen molar-refractivity contribution in [2.24, 2.45) is 0 Å². The molecule has 75 valence electrons. The normalized spacial score (nSPS) is 18.7. The number of nitrogens with zero attached hydrogens (tertiary/aromatic N) is 1. The molecule has 0 unspecified atom stereocenters. The van der Waals surface area contributed by atoms with Gasteiger partial charge in [0, 0.05) is 0 Å². The third-order valence-corrected chi connectivity index (χ3v) is 3.02. The van der Waals surface area contributed by atoms with E-state index in [9.17, 15) is 0 Å². The Balaban J connectivity index is 2.03. The summed E-state index contributed by atoms with van der Waals surface area (Å²) in [5.41, 5.74) is 1.37. The minimum Gasteiger partial charge on any atom is -0.292 e. The molecule has 1 saturated heterocycles. The molecule has 0 aromatic heterocycles. The van der Waals surface area contributed by atoms with Crippen LogP contribution in [0.4, 0.5) is 0 Å². The zero-order chi connectivity index (χ0) is 9.80. The first kappa shape index (κ1) is 9.72. The van der Waals surface area contributed by atoms with Crippen LogP contribution >= 0.6 is 0 Å². The van der Waals surface area contributed by atoms with Crippen LogP contribution in [-0.4, -0.2) is 18.0 Å². The molecular weight excluding hydrogens is 170 g/mol. The number of rotatable bonds is 2. The van der Waals surface area contributed by atoms with Crippen LogP contribution in [0, 0.1) is 6.04 Å². The molecule has 14 heavy (non-hydrogen) atoms. The second-order valence-electron chi connectivity index (χ2n) is 4.00. The molecule has 0 spiro atoms. The van der Waals surface area contributed by atoms with Gasteiger partial charge in [-0.2, -0.15) is 0 Å². The maximum absolute atomic E-state index is 2.51. The average molecular weight is 188 g/mol. The van der Waals surface area contributed by atoms with Crippen molar-refractivity contribution in [3.63, 3.8) is 0 Å². The summed E-state index contributed by atoms with van der Waals surface area (Å²) in [7, 11) is 0. The van der Waals surface area contributed by atoms with E-state index in [0.29, 0.717) is 0 Å². The van der Waals surface area contributed by atoms with E-state index in [2.05, 4.69) is 42.2 Å². The Bertz CT molecular complexity index is 262. The van der Waals surface area contributed by atoms with E-state index >= 15 is 0 Å². The summed E-state index contributed by atoms with van der Waals surface area (Å²) in [5.74, 6) is 0. The quantitative estimate of drug-likeness (QED) is 0.689. The molecule has 1 nitrogen and oxygen atoms in total. The van der Waals surface area contributed by atoms with Gasteiger partial charge in [-0.3, -0.25) is 4.90 Å². The molecule has 0 aliphatic carbocycles. The van der Waals surface area contributed by atoms with Crippen LogP contribution in [0.25, 0.3) is 0 Å². The minimum atomic E-state index is 1.24. The van der Waals surface area contributed by atoms with Crippen LogP contribution in [0.1, 0.15) is 31.7 Å². The summed E-state index contributed by atoms with van der Waals surface area (Å²) in [4.78, 5) is 2.51. The number of hydrogen-bond acceptors (Lipinski definition) is 1. The van der Waals surface area contributed by atoms with Gasteiger partial charge >= 0.3 is 0 Å². The summed E-state index contributed by atoms with van der Waals surface area (Å²) >= 11 is 0. The van der Waals surface area contributed by atoms with Crippen molar-refractivity contribution in [1.29, 1.82) is 0 Å². The fourth-order valence-electron chi connectivity index (χ4n) is 2.09. The van der Waals surface area contributed by atoms with Crippen LogP contribution in [0.3, 0.4) is 0 Å². The Morgan fingerprint density at radius 1 is 1.00 bits per heavy atom. The number of piperidine rings is 1.